The highest BCUT2D eigenvalue weighted by molar-refractivity contribution is 5.92. The minimum Gasteiger partial charge on any atom is -0.507 e. The lowest BCUT2D eigenvalue weighted by Gasteiger charge is -2.61. The number of aromatic hydroxyl groups is 2. The number of esters is 1. The third-order valence-electron chi connectivity index (χ3n) is 9.48. The van der Waals surface area contributed by atoms with Crippen LogP contribution in [0.2, 0.25) is 0 Å². The zero-order valence-corrected chi connectivity index (χ0v) is 22.8. The highest BCUT2D eigenvalue weighted by atomic mass is 16.5. The van der Waals surface area contributed by atoms with E-state index in [9.17, 15) is 15.0 Å². The van der Waals surface area contributed by atoms with Gasteiger partial charge in [0, 0.05) is 11.3 Å². The number of phenolic OH excluding ortho intramolecular Hbond substituents is 2. The van der Waals surface area contributed by atoms with E-state index < -0.39 is 5.97 Å². The van der Waals surface area contributed by atoms with Crippen molar-refractivity contribution in [1.29, 1.82) is 0 Å². The van der Waals surface area contributed by atoms with E-state index in [1.54, 1.807) is 12.1 Å². The number of phenols is 2. The minimum absolute atomic E-state index is 0.0222. The van der Waals surface area contributed by atoms with Crippen LogP contribution in [0.5, 0.6) is 17.2 Å². The molecule has 1 saturated heterocycles. The molecule has 2 aliphatic heterocycles. The number of aliphatic hydroxyl groups is 1. The van der Waals surface area contributed by atoms with E-state index in [1.807, 2.05) is 13.0 Å². The fourth-order valence-electron chi connectivity index (χ4n) is 8.06. The number of benzene rings is 2. The molecule has 3 N–H and O–H groups in total. The Kier molecular flexibility index (Phi) is 6.89. The molecule has 1 spiro atoms. The Morgan fingerprint density at radius 2 is 1.84 bits per heavy atom. The van der Waals surface area contributed by atoms with Crippen molar-refractivity contribution in [2.24, 2.45) is 22.7 Å². The summed E-state index contributed by atoms with van der Waals surface area (Å²) in [4.78, 5) is 11.1. The summed E-state index contributed by atoms with van der Waals surface area (Å²) in [5.74, 6) is 1.47. The van der Waals surface area contributed by atoms with Gasteiger partial charge < -0.3 is 29.5 Å². The van der Waals surface area contributed by atoms with E-state index in [4.69, 9.17) is 14.6 Å². The average Bonchev–Trinajstić information content (AvgIpc) is 3.23. The van der Waals surface area contributed by atoms with Crippen LogP contribution in [-0.4, -0.2) is 46.7 Å². The summed E-state index contributed by atoms with van der Waals surface area (Å²) in [5.41, 5.74) is 2.43. The molecule has 7 heteroatoms. The summed E-state index contributed by atoms with van der Waals surface area (Å²) in [7, 11) is 0. The lowest BCUT2D eigenvalue weighted by molar-refractivity contribution is -0.156. The summed E-state index contributed by atoms with van der Waals surface area (Å²) in [5, 5.41) is 28.3. The maximum atomic E-state index is 11.1. The number of aryl methyl sites for hydroxylation is 1. The van der Waals surface area contributed by atoms with Gasteiger partial charge in [-0.15, -0.1) is 0 Å². The van der Waals surface area contributed by atoms with E-state index >= 15 is 0 Å². The summed E-state index contributed by atoms with van der Waals surface area (Å²) >= 11 is 0. The molecular weight excluding hydrogens is 484 g/mol. The molecule has 4 aliphatic rings. The number of ether oxygens (including phenoxy) is 3. The number of fused-ring (bicyclic) bond motifs is 2. The highest BCUT2D eigenvalue weighted by Gasteiger charge is 2.69. The second-order valence-corrected chi connectivity index (χ2v) is 12.4. The summed E-state index contributed by atoms with van der Waals surface area (Å²) in [6.45, 7) is 9.74. The summed E-state index contributed by atoms with van der Waals surface area (Å²) in [6, 6.07) is 10.0. The summed E-state index contributed by atoms with van der Waals surface area (Å²) in [6.07, 6.45) is 6.12. The van der Waals surface area contributed by atoms with Gasteiger partial charge >= 0.3 is 5.97 Å². The molecular formula is C31H40O7. The molecule has 3 fully saturated rings. The van der Waals surface area contributed by atoms with E-state index in [-0.39, 0.29) is 41.6 Å². The second kappa shape index (κ2) is 9.76. The van der Waals surface area contributed by atoms with Crippen LogP contribution >= 0.6 is 0 Å². The third kappa shape index (κ3) is 4.34. The number of carbonyl (C=O) groups excluding carboxylic acids is 1. The van der Waals surface area contributed by atoms with Crippen molar-refractivity contribution < 1.29 is 34.3 Å². The number of para-hydroxylation sites is 1. The Bertz CT molecular complexity index is 1210. The quantitative estimate of drug-likeness (QED) is 0.443. The van der Waals surface area contributed by atoms with Crippen LogP contribution in [0.3, 0.4) is 0 Å². The van der Waals surface area contributed by atoms with Crippen LogP contribution in [0.1, 0.15) is 80.5 Å². The van der Waals surface area contributed by atoms with E-state index in [0.717, 1.165) is 29.9 Å². The third-order valence-corrected chi connectivity index (χ3v) is 9.48. The Morgan fingerprint density at radius 1 is 1.08 bits per heavy atom. The predicted octanol–water partition coefficient (Wildman–Crippen LogP) is 5.69. The fourth-order valence-corrected chi connectivity index (χ4v) is 8.06. The normalized spacial score (nSPS) is 32.0. The molecule has 2 saturated carbocycles. The van der Waals surface area contributed by atoms with Crippen LogP contribution in [0, 0.1) is 29.6 Å². The second-order valence-electron chi connectivity index (χ2n) is 12.4. The molecule has 2 heterocycles. The van der Waals surface area contributed by atoms with Gasteiger partial charge in [0.15, 0.2) is 0 Å². The van der Waals surface area contributed by atoms with Gasteiger partial charge in [-0.2, -0.15) is 0 Å². The zero-order valence-electron chi connectivity index (χ0n) is 22.8. The van der Waals surface area contributed by atoms with E-state index in [0.29, 0.717) is 23.0 Å². The van der Waals surface area contributed by atoms with Crippen molar-refractivity contribution in [2.45, 2.75) is 71.5 Å². The molecule has 206 valence electrons. The van der Waals surface area contributed by atoms with Gasteiger partial charge in [0.1, 0.15) is 35.0 Å². The van der Waals surface area contributed by atoms with Gasteiger partial charge in [0.05, 0.1) is 24.9 Å². The molecule has 2 aromatic rings. The van der Waals surface area contributed by atoms with Gasteiger partial charge in [-0.3, -0.25) is 0 Å². The molecule has 5 atom stereocenters. The van der Waals surface area contributed by atoms with Crippen LogP contribution in [-0.2, 0) is 9.47 Å². The van der Waals surface area contributed by atoms with Crippen LogP contribution in [0.4, 0.5) is 0 Å². The van der Waals surface area contributed by atoms with Gasteiger partial charge in [0.2, 0.25) is 0 Å². The van der Waals surface area contributed by atoms with Crippen molar-refractivity contribution >= 4 is 5.97 Å². The first-order valence-electron chi connectivity index (χ1n) is 13.7. The first-order chi connectivity index (χ1) is 18.0. The first kappa shape index (κ1) is 26.8. The molecule has 38 heavy (non-hydrogen) atoms. The molecule has 0 aromatic heterocycles. The van der Waals surface area contributed by atoms with Gasteiger partial charge in [-0.05, 0) is 80.7 Å². The standard InChI is InChI=1S/C22H30O3.C9H10O4/c1-13-10-14(23)17-15(11-13)25-21(4)9-6-16-20(2,3)7-5-8-22(16)12-24-18(17)19(21)22;10-5-6-13-9(12)7-3-1-2-4-8(7)11/h10-11,16,18-19,23H,5-9,12H2,1-4H3;1-4,10-11H,5-6H2/t16-,18-,19-,21-,22?;/m0./s1. The van der Waals surface area contributed by atoms with E-state index in [1.165, 1.54) is 37.8 Å². The van der Waals surface area contributed by atoms with Crippen molar-refractivity contribution in [3.8, 4) is 17.2 Å². The molecule has 7 nitrogen and oxygen atoms in total. The van der Waals surface area contributed by atoms with Crippen molar-refractivity contribution in [2.75, 3.05) is 19.8 Å². The maximum Gasteiger partial charge on any atom is 0.341 e. The molecule has 2 aromatic carbocycles. The Morgan fingerprint density at radius 3 is 2.58 bits per heavy atom. The van der Waals surface area contributed by atoms with Crippen molar-refractivity contribution in [3.05, 3.63) is 53.1 Å². The van der Waals surface area contributed by atoms with Gasteiger partial charge in [-0.25, -0.2) is 4.79 Å². The zero-order chi connectivity index (χ0) is 27.3. The molecule has 2 aliphatic carbocycles. The van der Waals surface area contributed by atoms with Crippen molar-refractivity contribution in [1.82, 2.24) is 0 Å². The number of hydrogen-bond acceptors (Lipinski definition) is 7. The predicted molar refractivity (Wildman–Crippen MR) is 142 cm³/mol. The molecule has 1 unspecified atom stereocenters. The Labute approximate surface area is 224 Å². The van der Waals surface area contributed by atoms with Gasteiger partial charge in [-0.1, -0.05) is 32.4 Å². The smallest absolute Gasteiger partial charge is 0.341 e. The van der Waals surface area contributed by atoms with Crippen LogP contribution in [0.25, 0.3) is 0 Å². The van der Waals surface area contributed by atoms with Crippen LogP contribution < -0.4 is 4.74 Å². The number of rotatable bonds is 3. The lowest BCUT2D eigenvalue weighted by atomic mass is 9.44. The number of hydrogen-bond donors (Lipinski definition) is 3. The molecule has 0 amide bonds. The fraction of sp³-hybridized carbons (Fsp3) is 0.581. The Balaban J connectivity index is 0.000000193. The number of aliphatic hydroxyl groups excluding tert-OH is 1. The van der Waals surface area contributed by atoms with Crippen LogP contribution in [0.15, 0.2) is 36.4 Å². The highest BCUT2D eigenvalue weighted by Crippen LogP contribution is 2.71. The molecule has 0 radical (unpaired) electrons. The van der Waals surface area contributed by atoms with Crippen molar-refractivity contribution in [3.63, 3.8) is 0 Å². The van der Waals surface area contributed by atoms with E-state index in [2.05, 4.69) is 31.6 Å². The SMILES string of the molecule is Cc1cc(O)c2c(c1)O[C@@]1(C)CC[C@H]3C(C)(C)CCCC34CO[C@@H]2[C@H]41.O=C(OCCO)c1ccccc1O. The molecule has 6 rings (SSSR count). The monoisotopic (exact) mass is 524 g/mol. The topological polar surface area (TPSA) is 105 Å². The largest absolute Gasteiger partial charge is 0.507 e. The van der Waals surface area contributed by atoms with Gasteiger partial charge in [0.25, 0.3) is 0 Å². The minimum atomic E-state index is -0.632. The number of carbonyl (C=O) groups is 1. The summed E-state index contributed by atoms with van der Waals surface area (Å²) < 4.78 is 17.7. The molecule has 0 bridgehead atoms. The maximum absolute atomic E-state index is 11.1. The first-order valence-corrected chi connectivity index (χ1v) is 13.7. The lowest BCUT2D eigenvalue weighted by Crippen LogP contribution is -2.61. The average molecular weight is 525 g/mol. The Hall–Kier alpha value is -2.77.